The molecular formula is C10H20N2O3SSi. The number of aromatic nitrogens is 2. The number of imidazole rings is 1. The summed E-state index contributed by atoms with van der Waals surface area (Å²) < 4.78 is 18.1. The van der Waals surface area contributed by atoms with Gasteiger partial charge in [0.1, 0.15) is 0 Å². The molecule has 0 bridgehead atoms. The Hall–Kier alpha value is -0.343. The largest absolute Gasteiger partial charge is 0.500 e. The Kier molecular flexibility index (Phi) is 6.21. The molecule has 0 atom stereocenters. The zero-order chi connectivity index (χ0) is 12.7. The molecule has 0 radical (unpaired) electrons. The molecular weight excluding hydrogens is 256 g/mol. The summed E-state index contributed by atoms with van der Waals surface area (Å²) in [6, 6.07) is 0.827. The maximum atomic E-state index is 5.36. The second-order valence-electron chi connectivity index (χ2n) is 3.57. The number of hydrogen-bond acceptors (Lipinski definition) is 5. The first-order valence-corrected chi connectivity index (χ1v) is 8.35. The van der Waals surface area contributed by atoms with Crippen LogP contribution in [0.5, 0.6) is 0 Å². The van der Waals surface area contributed by atoms with E-state index in [0.29, 0.717) is 0 Å². The van der Waals surface area contributed by atoms with Crippen LogP contribution in [0.3, 0.4) is 0 Å². The molecule has 7 heteroatoms. The summed E-state index contributed by atoms with van der Waals surface area (Å²) in [6.07, 6.45) is 4.74. The molecule has 1 rings (SSSR count). The molecule has 17 heavy (non-hydrogen) atoms. The van der Waals surface area contributed by atoms with E-state index in [1.54, 1.807) is 39.3 Å². The fourth-order valence-electron chi connectivity index (χ4n) is 1.50. The molecule has 0 fully saturated rings. The molecule has 0 saturated heterocycles. The van der Waals surface area contributed by atoms with Crippen molar-refractivity contribution in [3.63, 3.8) is 0 Å². The van der Waals surface area contributed by atoms with E-state index in [0.717, 1.165) is 23.4 Å². The van der Waals surface area contributed by atoms with E-state index in [9.17, 15) is 0 Å². The van der Waals surface area contributed by atoms with Gasteiger partial charge in [-0.2, -0.15) is 0 Å². The molecule has 0 aliphatic rings. The van der Waals surface area contributed by atoms with Gasteiger partial charge in [-0.1, -0.05) is 11.8 Å². The Morgan fingerprint density at radius 2 is 1.94 bits per heavy atom. The van der Waals surface area contributed by atoms with Crippen LogP contribution in [0.25, 0.3) is 0 Å². The van der Waals surface area contributed by atoms with Crippen LogP contribution in [0, 0.1) is 0 Å². The molecule has 1 heterocycles. The van der Waals surface area contributed by atoms with Crippen molar-refractivity contribution in [2.75, 3.05) is 27.1 Å². The van der Waals surface area contributed by atoms with Crippen molar-refractivity contribution in [3.8, 4) is 0 Å². The first-order chi connectivity index (χ1) is 8.17. The van der Waals surface area contributed by atoms with E-state index in [4.69, 9.17) is 13.3 Å². The summed E-state index contributed by atoms with van der Waals surface area (Å²) in [7, 11) is 4.53. The first-order valence-electron chi connectivity index (χ1n) is 5.43. The molecule has 0 unspecified atom stereocenters. The quantitative estimate of drug-likeness (QED) is 0.411. The Balaban J connectivity index is 2.30. The third-order valence-corrected chi connectivity index (χ3v) is 6.54. The molecule has 0 aromatic carbocycles. The minimum absolute atomic E-state index is 0.827. The molecule has 1 aromatic rings. The lowest BCUT2D eigenvalue weighted by molar-refractivity contribution is 0.123. The zero-order valence-electron chi connectivity index (χ0n) is 10.8. The van der Waals surface area contributed by atoms with Gasteiger partial charge in [0, 0.05) is 52.6 Å². The summed E-state index contributed by atoms with van der Waals surface area (Å²) in [6.45, 7) is 0. The predicted octanol–water partition coefficient (Wildman–Crippen LogP) is 1.78. The molecule has 0 amide bonds. The van der Waals surface area contributed by atoms with Crippen molar-refractivity contribution in [2.45, 2.75) is 17.6 Å². The Bertz CT molecular complexity index is 323. The molecule has 1 aromatic heterocycles. The lowest BCUT2D eigenvalue weighted by Gasteiger charge is -2.24. The van der Waals surface area contributed by atoms with Gasteiger partial charge in [0.15, 0.2) is 5.16 Å². The highest BCUT2D eigenvalue weighted by molar-refractivity contribution is 7.99. The molecule has 0 aliphatic carbocycles. The monoisotopic (exact) mass is 276 g/mol. The number of hydrogen-bond donors (Lipinski definition) is 0. The summed E-state index contributed by atoms with van der Waals surface area (Å²) >= 11 is 1.73. The van der Waals surface area contributed by atoms with E-state index in [1.165, 1.54) is 0 Å². The molecule has 5 nitrogen and oxygen atoms in total. The Morgan fingerprint density at radius 1 is 1.29 bits per heavy atom. The highest BCUT2D eigenvalue weighted by Crippen LogP contribution is 2.20. The Labute approximate surface area is 108 Å². The minimum atomic E-state index is -2.39. The van der Waals surface area contributed by atoms with Crippen LogP contribution < -0.4 is 0 Å². The zero-order valence-corrected chi connectivity index (χ0v) is 12.6. The van der Waals surface area contributed by atoms with Crippen LogP contribution in [-0.4, -0.2) is 45.4 Å². The van der Waals surface area contributed by atoms with E-state index < -0.39 is 8.80 Å². The van der Waals surface area contributed by atoms with Gasteiger partial charge in [-0.05, 0) is 6.42 Å². The average molecular weight is 276 g/mol. The SMILES string of the molecule is CO[Si](CCCSc1nccn1C)(OC)OC. The normalized spacial score (nSPS) is 12.0. The average Bonchev–Trinajstić information content (AvgIpc) is 2.76. The fraction of sp³-hybridized carbons (Fsp3) is 0.700. The van der Waals surface area contributed by atoms with Crippen molar-refractivity contribution < 1.29 is 13.3 Å². The third-order valence-electron chi connectivity index (χ3n) is 2.57. The third kappa shape index (κ3) is 4.11. The van der Waals surface area contributed by atoms with Crippen molar-refractivity contribution in [3.05, 3.63) is 12.4 Å². The summed E-state index contributed by atoms with van der Waals surface area (Å²) in [5.41, 5.74) is 0. The second-order valence-corrected chi connectivity index (χ2v) is 7.72. The number of aryl methyl sites for hydroxylation is 1. The number of rotatable bonds is 8. The van der Waals surface area contributed by atoms with E-state index in [1.807, 2.05) is 17.8 Å². The lowest BCUT2D eigenvalue weighted by Crippen LogP contribution is -2.42. The predicted molar refractivity (Wildman–Crippen MR) is 70.1 cm³/mol. The van der Waals surface area contributed by atoms with Crippen molar-refractivity contribution in [2.24, 2.45) is 7.05 Å². The topological polar surface area (TPSA) is 45.5 Å². The number of thioether (sulfide) groups is 1. The molecule has 0 spiro atoms. The maximum Gasteiger partial charge on any atom is 0.500 e. The summed E-state index contributed by atoms with van der Waals surface area (Å²) in [5.74, 6) is 0.982. The van der Waals surface area contributed by atoms with E-state index in [2.05, 4.69) is 4.98 Å². The molecule has 0 N–H and O–H groups in total. The molecule has 0 saturated carbocycles. The van der Waals surface area contributed by atoms with Gasteiger partial charge >= 0.3 is 8.80 Å². The lowest BCUT2D eigenvalue weighted by atomic mass is 10.6. The van der Waals surface area contributed by atoms with E-state index >= 15 is 0 Å². The summed E-state index contributed by atoms with van der Waals surface area (Å²) in [4.78, 5) is 4.25. The molecule has 0 aliphatic heterocycles. The van der Waals surface area contributed by atoms with Gasteiger partial charge in [0.2, 0.25) is 0 Å². The highest BCUT2D eigenvalue weighted by atomic mass is 32.2. The van der Waals surface area contributed by atoms with Gasteiger partial charge < -0.3 is 17.8 Å². The highest BCUT2D eigenvalue weighted by Gasteiger charge is 2.36. The van der Waals surface area contributed by atoms with Crippen LogP contribution in [0.1, 0.15) is 6.42 Å². The van der Waals surface area contributed by atoms with Gasteiger partial charge in [0.25, 0.3) is 0 Å². The fourth-order valence-corrected chi connectivity index (χ4v) is 4.35. The van der Waals surface area contributed by atoms with Crippen LogP contribution >= 0.6 is 11.8 Å². The second kappa shape index (κ2) is 7.17. The van der Waals surface area contributed by atoms with Crippen LogP contribution in [-0.2, 0) is 20.3 Å². The minimum Gasteiger partial charge on any atom is -0.377 e. The first kappa shape index (κ1) is 14.7. The van der Waals surface area contributed by atoms with Crippen molar-refractivity contribution >= 4 is 20.6 Å². The van der Waals surface area contributed by atoms with Crippen LogP contribution in [0.2, 0.25) is 6.04 Å². The van der Waals surface area contributed by atoms with Gasteiger partial charge in [-0.25, -0.2) is 4.98 Å². The van der Waals surface area contributed by atoms with Crippen molar-refractivity contribution in [1.29, 1.82) is 0 Å². The van der Waals surface area contributed by atoms with Crippen LogP contribution in [0.4, 0.5) is 0 Å². The van der Waals surface area contributed by atoms with Gasteiger partial charge in [-0.3, -0.25) is 0 Å². The molecule has 98 valence electrons. The van der Waals surface area contributed by atoms with Crippen LogP contribution in [0.15, 0.2) is 17.6 Å². The smallest absolute Gasteiger partial charge is 0.377 e. The standard InChI is InChI=1S/C10H20N2O3SSi/c1-12-7-6-11-10(12)16-8-5-9-17(13-2,14-3)15-4/h6-7H,5,8-9H2,1-4H3. The Morgan fingerprint density at radius 3 is 2.41 bits per heavy atom. The van der Waals surface area contributed by atoms with Gasteiger partial charge in [-0.15, -0.1) is 0 Å². The van der Waals surface area contributed by atoms with Gasteiger partial charge in [0.05, 0.1) is 0 Å². The van der Waals surface area contributed by atoms with Crippen molar-refractivity contribution in [1.82, 2.24) is 9.55 Å². The summed E-state index contributed by atoms with van der Waals surface area (Å²) in [5, 5.41) is 1.03. The van der Waals surface area contributed by atoms with E-state index in [-0.39, 0.29) is 0 Å². The maximum absolute atomic E-state index is 5.36. The number of nitrogens with zero attached hydrogens (tertiary/aromatic N) is 2.